The second-order valence-electron chi connectivity index (χ2n) is 4.01. The highest BCUT2D eigenvalue weighted by molar-refractivity contribution is 5.22. The molecule has 1 atom stereocenters. The summed E-state index contributed by atoms with van der Waals surface area (Å²) in [5, 5.41) is 17.5. The summed E-state index contributed by atoms with van der Waals surface area (Å²) in [7, 11) is 0. The van der Waals surface area contributed by atoms with Crippen molar-refractivity contribution < 1.29 is 14.9 Å². The molecule has 0 aliphatic heterocycles. The zero-order valence-electron chi connectivity index (χ0n) is 11.1. The van der Waals surface area contributed by atoms with Gasteiger partial charge in [-0.2, -0.15) is 0 Å². The van der Waals surface area contributed by atoms with Gasteiger partial charge in [-0.05, 0) is 18.9 Å². The van der Waals surface area contributed by atoms with E-state index in [1.165, 1.54) is 31.9 Å². The summed E-state index contributed by atoms with van der Waals surface area (Å²) in [6.45, 7) is 2.00. The first kappa shape index (κ1) is 16.8. The van der Waals surface area contributed by atoms with Gasteiger partial charge in [-0.15, -0.1) is 0 Å². The lowest BCUT2D eigenvalue weighted by Gasteiger charge is -2.04. The second kappa shape index (κ2) is 13.8. The number of rotatable bonds is 9. The van der Waals surface area contributed by atoms with Crippen molar-refractivity contribution in [1.29, 1.82) is 0 Å². The van der Waals surface area contributed by atoms with Crippen molar-refractivity contribution in [2.75, 3.05) is 13.2 Å². The summed E-state index contributed by atoms with van der Waals surface area (Å²) >= 11 is 0. The van der Waals surface area contributed by atoms with Gasteiger partial charge in [0.25, 0.3) is 0 Å². The predicted molar refractivity (Wildman–Crippen MR) is 73.9 cm³/mol. The van der Waals surface area contributed by atoms with Gasteiger partial charge in [0, 0.05) is 6.08 Å². The molecule has 0 heterocycles. The van der Waals surface area contributed by atoms with Crippen LogP contribution in [-0.2, 0) is 4.74 Å². The molecular formula is C15H24O3. The predicted octanol–water partition coefficient (Wildman–Crippen LogP) is 2.40. The molecule has 0 spiro atoms. The van der Waals surface area contributed by atoms with Gasteiger partial charge in [0.2, 0.25) is 0 Å². The summed E-state index contributed by atoms with van der Waals surface area (Å²) in [6, 6.07) is 0. The Balaban J connectivity index is 3.47. The highest BCUT2D eigenvalue weighted by Gasteiger charge is 1.98. The van der Waals surface area contributed by atoms with Crippen LogP contribution < -0.4 is 0 Å². The Morgan fingerprint density at radius 1 is 1.17 bits per heavy atom. The first-order valence-electron chi connectivity index (χ1n) is 6.52. The Morgan fingerprint density at radius 3 is 2.67 bits per heavy atom. The van der Waals surface area contributed by atoms with Gasteiger partial charge in [-0.25, -0.2) is 0 Å². The number of unbranched alkanes of at least 4 members (excludes halogenated alkanes) is 4. The first-order chi connectivity index (χ1) is 8.81. The molecule has 18 heavy (non-hydrogen) atoms. The van der Waals surface area contributed by atoms with E-state index >= 15 is 0 Å². The molecule has 0 fully saturated rings. The number of aliphatic hydroxyl groups is 2. The minimum atomic E-state index is -0.828. The summed E-state index contributed by atoms with van der Waals surface area (Å²) in [4.78, 5) is 0. The Hall–Kier alpha value is -1.24. The average Bonchev–Trinajstić information content (AvgIpc) is 2.39. The normalized spacial score (nSPS) is 12.6. The van der Waals surface area contributed by atoms with Crippen LogP contribution in [0.4, 0.5) is 0 Å². The maximum atomic E-state index is 8.96. The third-order valence-corrected chi connectivity index (χ3v) is 2.26. The monoisotopic (exact) mass is 252 g/mol. The van der Waals surface area contributed by atoms with Crippen molar-refractivity contribution in [3.8, 4) is 11.8 Å². The average molecular weight is 252 g/mol. The molecule has 0 unspecified atom stereocenters. The molecule has 0 rings (SSSR count). The van der Waals surface area contributed by atoms with Crippen LogP contribution in [0.15, 0.2) is 24.5 Å². The van der Waals surface area contributed by atoms with Gasteiger partial charge in [0.1, 0.15) is 12.7 Å². The number of hydrogen-bond donors (Lipinski definition) is 2. The quantitative estimate of drug-likeness (QED) is 0.376. The number of allylic oxidation sites excluding steroid dienone is 3. The maximum Gasteiger partial charge on any atom is 0.115 e. The van der Waals surface area contributed by atoms with Crippen LogP contribution in [-0.4, -0.2) is 29.5 Å². The van der Waals surface area contributed by atoms with Crippen LogP contribution in [0.5, 0.6) is 0 Å². The van der Waals surface area contributed by atoms with Gasteiger partial charge in [-0.3, -0.25) is 0 Å². The van der Waals surface area contributed by atoms with Gasteiger partial charge in [-0.1, -0.05) is 44.1 Å². The molecule has 0 aromatic rings. The molecule has 0 amide bonds. The van der Waals surface area contributed by atoms with E-state index in [-0.39, 0.29) is 13.2 Å². The van der Waals surface area contributed by atoms with Crippen molar-refractivity contribution >= 4 is 0 Å². The van der Waals surface area contributed by atoms with Gasteiger partial charge < -0.3 is 14.9 Å². The molecule has 0 aromatic carbocycles. The van der Waals surface area contributed by atoms with E-state index in [9.17, 15) is 0 Å². The largest absolute Gasteiger partial charge is 0.498 e. The van der Waals surface area contributed by atoms with Crippen LogP contribution in [0.3, 0.4) is 0 Å². The van der Waals surface area contributed by atoms with Crippen LogP contribution in [0.2, 0.25) is 0 Å². The maximum absolute atomic E-state index is 8.96. The van der Waals surface area contributed by atoms with E-state index in [1.807, 2.05) is 6.08 Å². The Labute approximate surface area is 110 Å². The van der Waals surface area contributed by atoms with Gasteiger partial charge in [0.05, 0.1) is 12.9 Å². The molecule has 3 heteroatoms. The zero-order chi connectivity index (χ0) is 13.5. The Morgan fingerprint density at radius 2 is 1.94 bits per heavy atom. The third kappa shape index (κ3) is 12.8. The Bertz CT molecular complexity index is 284. The summed E-state index contributed by atoms with van der Waals surface area (Å²) in [5.41, 5.74) is 0. The lowest BCUT2D eigenvalue weighted by atomic mass is 10.1. The molecule has 102 valence electrons. The zero-order valence-corrected chi connectivity index (χ0v) is 11.1. The fourth-order valence-corrected chi connectivity index (χ4v) is 1.23. The molecular weight excluding hydrogens is 228 g/mol. The van der Waals surface area contributed by atoms with E-state index in [1.54, 1.807) is 6.08 Å². The minimum absolute atomic E-state index is 0.0853. The molecule has 0 saturated heterocycles. The molecule has 0 aliphatic rings. The smallest absolute Gasteiger partial charge is 0.115 e. The van der Waals surface area contributed by atoms with Crippen LogP contribution in [0.25, 0.3) is 0 Å². The van der Waals surface area contributed by atoms with Crippen molar-refractivity contribution in [2.24, 2.45) is 0 Å². The highest BCUT2D eigenvalue weighted by Crippen LogP contribution is 2.02. The topological polar surface area (TPSA) is 49.7 Å². The molecule has 0 aliphatic carbocycles. The standard InChI is InChI=1S/C15H24O3/c1-2-3-4-5-6-7-8-9-10-11-12-18-14-15(17)13-16/h7-8,11-12,15-17H,2-6,13-14H2,1H3/b8-7-,12-11-/t15-/m0/s1. The number of hydrogen-bond acceptors (Lipinski definition) is 3. The first-order valence-corrected chi connectivity index (χ1v) is 6.52. The molecule has 3 nitrogen and oxygen atoms in total. The summed E-state index contributed by atoms with van der Waals surface area (Å²) in [6.07, 6.45) is 12.2. The summed E-state index contributed by atoms with van der Waals surface area (Å²) in [5.74, 6) is 5.66. The van der Waals surface area contributed by atoms with Crippen molar-refractivity contribution in [3.63, 3.8) is 0 Å². The molecule has 2 N–H and O–H groups in total. The van der Waals surface area contributed by atoms with Gasteiger partial charge >= 0.3 is 0 Å². The van der Waals surface area contributed by atoms with Gasteiger partial charge in [0.15, 0.2) is 0 Å². The van der Waals surface area contributed by atoms with E-state index in [0.29, 0.717) is 0 Å². The van der Waals surface area contributed by atoms with E-state index in [4.69, 9.17) is 14.9 Å². The van der Waals surface area contributed by atoms with Crippen molar-refractivity contribution in [3.05, 3.63) is 24.5 Å². The van der Waals surface area contributed by atoms with Crippen LogP contribution >= 0.6 is 0 Å². The van der Waals surface area contributed by atoms with Crippen LogP contribution in [0, 0.1) is 11.8 Å². The highest BCUT2D eigenvalue weighted by atomic mass is 16.5. The third-order valence-electron chi connectivity index (χ3n) is 2.26. The molecule has 0 aromatic heterocycles. The van der Waals surface area contributed by atoms with E-state index in [2.05, 4.69) is 24.8 Å². The van der Waals surface area contributed by atoms with Crippen LogP contribution in [0.1, 0.15) is 39.0 Å². The van der Waals surface area contributed by atoms with E-state index < -0.39 is 6.10 Å². The van der Waals surface area contributed by atoms with E-state index in [0.717, 1.165) is 6.42 Å². The molecule has 0 saturated carbocycles. The molecule has 0 bridgehead atoms. The minimum Gasteiger partial charge on any atom is -0.498 e. The Kier molecular flexibility index (Phi) is 12.9. The van der Waals surface area contributed by atoms with Crippen molar-refractivity contribution in [2.45, 2.75) is 45.1 Å². The SMILES string of the molecule is CCCCCC/C=C\C#C/C=C\OC[C@@H](O)CO. The second-order valence-corrected chi connectivity index (χ2v) is 4.01. The fourth-order valence-electron chi connectivity index (χ4n) is 1.23. The number of ether oxygens (including phenoxy) is 1. The fraction of sp³-hybridized carbons (Fsp3) is 0.600. The lowest BCUT2D eigenvalue weighted by Crippen LogP contribution is -2.17. The van der Waals surface area contributed by atoms with Crippen molar-refractivity contribution in [1.82, 2.24) is 0 Å². The summed E-state index contributed by atoms with van der Waals surface area (Å²) < 4.78 is 4.94. The lowest BCUT2D eigenvalue weighted by molar-refractivity contribution is 0.0385. The molecule has 0 radical (unpaired) electrons. The number of aliphatic hydroxyl groups excluding tert-OH is 2.